The Labute approximate surface area is 78.9 Å². The van der Waals surface area contributed by atoms with Crippen LogP contribution in [0.5, 0.6) is 0 Å². The molecule has 0 radical (unpaired) electrons. The minimum absolute atomic E-state index is 0.0611. The van der Waals surface area contributed by atoms with Crippen LogP contribution >= 0.6 is 0 Å². The van der Waals surface area contributed by atoms with Gasteiger partial charge in [-0.2, -0.15) is 5.10 Å². The third kappa shape index (κ3) is 2.68. The molecule has 0 spiro atoms. The van der Waals surface area contributed by atoms with Gasteiger partial charge >= 0.3 is 0 Å². The van der Waals surface area contributed by atoms with Crippen molar-refractivity contribution in [2.75, 3.05) is 0 Å². The Morgan fingerprint density at radius 2 is 2.23 bits per heavy atom. The molecule has 0 aromatic heterocycles. The summed E-state index contributed by atoms with van der Waals surface area (Å²) in [6, 6.07) is 0. The van der Waals surface area contributed by atoms with Gasteiger partial charge in [-0.15, -0.1) is 0 Å². The second-order valence-corrected chi connectivity index (χ2v) is 3.25. The first-order chi connectivity index (χ1) is 6.25. The fourth-order valence-corrected chi connectivity index (χ4v) is 1.30. The van der Waals surface area contributed by atoms with Crippen LogP contribution in [0.3, 0.4) is 0 Å². The minimum atomic E-state index is -0.0611. The summed E-state index contributed by atoms with van der Waals surface area (Å²) in [5, 5.41) is 3.85. The van der Waals surface area contributed by atoms with E-state index in [1.807, 2.05) is 13.0 Å². The first-order valence-corrected chi connectivity index (χ1v) is 4.81. The summed E-state index contributed by atoms with van der Waals surface area (Å²) in [6.45, 7) is 4.02. The third-order valence-corrected chi connectivity index (χ3v) is 2.12. The quantitative estimate of drug-likeness (QED) is 0.521. The Bertz CT molecular complexity index is 254. The average Bonchev–Trinajstić information content (AvgIpc) is 2.42. The molecule has 0 aliphatic carbocycles. The fourth-order valence-electron chi connectivity index (χ4n) is 1.30. The molecule has 0 fully saturated rings. The summed E-state index contributed by atoms with van der Waals surface area (Å²) < 4.78 is 0. The predicted molar refractivity (Wildman–Crippen MR) is 53.5 cm³/mol. The Hall–Kier alpha value is -1.12. The third-order valence-electron chi connectivity index (χ3n) is 2.12. The van der Waals surface area contributed by atoms with Gasteiger partial charge in [-0.1, -0.05) is 25.8 Å². The monoisotopic (exact) mass is 180 g/mol. The number of nitrogens with one attached hydrogen (secondary N) is 1. The molecule has 1 aliphatic rings. The Morgan fingerprint density at radius 1 is 1.46 bits per heavy atom. The number of unbranched alkanes of at least 4 members (excludes halogenated alkanes) is 3. The zero-order valence-corrected chi connectivity index (χ0v) is 8.26. The zero-order chi connectivity index (χ0) is 9.68. The van der Waals surface area contributed by atoms with E-state index in [-0.39, 0.29) is 5.91 Å². The number of hydrazone groups is 1. The molecule has 3 nitrogen and oxygen atoms in total. The van der Waals surface area contributed by atoms with Gasteiger partial charge in [0.1, 0.15) is 0 Å². The topological polar surface area (TPSA) is 41.5 Å². The first kappa shape index (κ1) is 9.96. The Kier molecular flexibility index (Phi) is 3.68. The van der Waals surface area contributed by atoms with E-state index >= 15 is 0 Å². The van der Waals surface area contributed by atoms with E-state index in [2.05, 4.69) is 17.5 Å². The van der Waals surface area contributed by atoms with Gasteiger partial charge in [0.15, 0.2) is 0 Å². The zero-order valence-electron chi connectivity index (χ0n) is 8.26. The van der Waals surface area contributed by atoms with E-state index in [4.69, 9.17) is 0 Å². The SMILES string of the molecule is CCCCC/C=C1\C(=O)NN=C1C. The van der Waals surface area contributed by atoms with Crippen LogP contribution in [0.25, 0.3) is 0 Å². The maximum Gasteiger partial charge on any atom is 0.272 e. The smallest absolute Gasteiger partial charge is 0.267 e. The summed E-state index contributed by atoms with van der Waals surface area (Å²) in [5.74, 6) is -0.0611. The fraction of sp³-hybridized carbons (Fsp3) is 0.600. The van der Waals surface area contributed by atoms with E-state index in [0.717, 1.165) is 24.1 Å². The molecule has 0 aromatic rings. The van der Waals surface area contributed by atoms with Gasteiger partial charge < -0.3 is 0 Å². The number of hydrogen-bond donors (Lipinski definition) is 1. The highest BCUT2D eigenvalue weighted by atomic mass is 16.2. The van der Waals surface area contributed by atoms with Gasteiger partial charge in [-0.25, -0.2) is 5.43 Å². The van der Waals surface area contributed by atoms with Crippen LogP contribution in [-0.4, -0.2) is 11.6 Å². The van der Waals surface area contributed by atoms with Crippen molar-refractivity contribution in [2.24, 2.45) is 5.10 Å². The number of amides is 1. The second-order valence-electron chi connectivity index (χ2n) is 3.25. The Balaban J connectivity index is 2.41. The normalized spacial score (nSPS) is 19.1. The van der Waals surface area contributed by atoms with Crippen LogP contribution in [0.2, 0.25) is 0 Å². The molecular formula is C10H16N2O. The molecule has 1 amide bonds. The molecule has 1 N–H and O–H groups in total. The highest BCUT2D eigenvalue weighted by Gasteiger charge is 2.17. The molecular weight excluding hydrogens is 164 g/mol. The van der Waals surface area contributed by atoms with Crippen LogP contribution in [0.4, 0.5) is 0 Å². The van der Waals surface area contributed by atoms with Gasteiger partial charge in [0.05, 0.1) is 11.3 Å². The average molecular weight is 180 g/mol. The highest BCUT2D eigenvalue weighted by molar-refractivity contribution is 6.23. The van der Waals surface area contributed by atoms with Crippen LogP contribution in [0.15, 0.2) is 16.8 Å². The first-order valence-electron chi connectivity index (χ1n) is 4.81. The van der Waals surface area contributed by atoms with Crippen molar-refractivity contribution >= 4 is 11.6 Å². The van der Waals surface area contributed by atoms with Crippen LogP contribution in [-0.2, 0) is 4.79 Å². The van der Waals surface area contributed by atoms with Crippen molar-refractivity contribution < 1.29 is 4.79 Å². The van der Waals surface area contributed by atoms with Crippen LogP contribution < -0.4 is 5.43 Å². The lowest BCUT2D eigenvalue weighted by Crippen LogP contribution is -2.12. The number of allylic oxidation sites excluding steroid dienone is 1. The van der Waals surface area contributed by atoms with Crippen LogP contribution in [0, 0.1) is 0 Å². The van der Waals surface area contributed by atoms with Gasteiger partial charge in [-0.05, 0) is 19.8 Å². The van der Waals surface area contributed by atoms with Gasteiger partial charge in [0.25, 0.3) is 5.91 Å². The van der Waals surface area contributed by atoms with E-state index in [1.54, 1.807) is 0 Å². The van der Waals surface area contributed by atoms with Crippen molar-refractivity contribution in [1.82, 2.24) is 5.43 Å². The number of rotatable bonds is 4. The van der Waals surface area contributed by atoms with E-state index < -0.39 is 0 Å². The van der Waals surface area contributed by atoms with E-state index in [1.165, 1.54) is 12.8 Å². The molecule has 0 bridgehead atoms. The lowest BCUT2D eigenvalue weighted by molar-refractivity contribution is -0.116. The molecule has 1 rings (SSSR count). The molecule has 13 heavy (non-hydrogen) atoms. The maximum absolute atomic E-state index is 11.2. The van der Waals surface area contributed by atoms with Crippen molar-refractivity contribution in [1.29, 1.82) is 0 Å². The largest absolute Gasteiger partial charge is 0.272 e. The standard InChI is InChI=1S/C10H16N2O/c1-3-4-5-6-7-9-8(2)11-12-10(9)13/h7H,3-6H2,1-2H3,(H,12,13)/b9-7-. The molecule has 0 saturated carbocycles. The van der Waals surface area contributed by atoms with Crippen molar-refractivity contribution in [2.45, 2.75) is 39.5 Å². The summed E-state index contributed by atoms with van der Waals surface area (Å²) >= 11 is 0. The van der Waals surface area contributed by atoms with Gasteiger partial charge in [0.2, 0.25) is 0 Å². The predicted octanol–water partition coefficient (Wildman–Crippen LogP) is 2.00. The highest BCUT2D eigenvalue weighted by Crippen LogP contribution is 2.08. The second kappa shape index (κ2) is 4.80. The van der Waals surface area contributed by atoms with Crippen molar-refractivity contribution in [3.63, 3.8) is 0 Å². The summed E-state index contributed by atoms with van der Waals surface area (Å²) in [5.41, 5.74) is 3.99. The van der Waals surface area contributed by atoms with E-state index in [0.29, 0.717) is 0 Å². The number of hydrogen-bond acceptors (Lipinski definition) is 2. The summed E-state index contributed by atoms with van der Waals surface area (Å²) in [6.07, 6.45) is 6.55. The van der Waals surface area contributed by atoms with Crippen LogP contribution in [0.1, 0.15) is 39.5 Å². The number of carbonyl (C=O) groups is 1. The molecule has 1 aliphatic heterocycles. The minimum Gasteiger partial charge on any atom is -0.267 e. The number of nitrogens with zero attached hydrogens (tertiary/aromatic N) is 1. The lowest BCUT2D eigenvalue weighted by Gasteiger charge is -1.95. The molecule has 0 aromatic carbocycles. The molecule has 3 heteroatoms. The maximum atomic E-state index is 11.2. The molecule has 1 heterocycles. The molecule has 0 atom stereocenters. The molecule has 0 saturated heterocycles. The van der Waals surface area contributed by atoms with Gasteiger partial charge in [0, 0.05) is 0 Å². The Morgan fingerprint density at radius 3 is 2.77 bits per heavy atom. The molecule has 72 valence electrons. The van der Waals surface area contributed by atoms with E-state index in [9.17, 15) is 4.79 Å². The summed E-state index contributed by atoms with van der Waals surface area (Å²) in [7, 11) is 0. The van der Waals surface area contributed by atoms with Gasteiger partial charge in [-0.3, -0.25) is 4.79 Å². The van der Waals surface area contributed by atoms with Crippen molar-refractivity contribution in [3.05, 3.63) is 11.6 Å². The summed E-state index contributed by atoms with van der Waals surface area (Å²) in [4.78, 5) is 11.2. The van der Waals surface area contributed by atoms with Crippen molar-refractivity contribution in [3.8, 4) is 0 Å². The number of carbonyl (C=O) groups excluding carboxylic acids is 1. The molecule has 0 unspecified atom stereocenters. The lowest BCUT2D eigenvalue weighted by atomic mass is 10.1.